The lowest BCUT2D eigenvalue weighted by Gasteiger charge is -2.27. The Balaban J connectivity index is 2.03. The van der Waals surface area contributed by atoms with Gasteiger partial charge in [0.1, 0.15) is 6.04 Å². The maximum Gasteiger partial charge on any atom is 0.416 e. The molecule has 3 aromatic carbocycles. The van der Waals surface area contributed by atoms with Crippen LogP contribution in [0, 0.1) is 6.92 Å². The van der Waals surface area contributed by atoms with Crippen molar-refractivity contribution in [1.29, 1.82) is 0 Å². The average molecular weight is 487 g/mol. The van der Waals surface area contributed by atoms with Crippen LogP contribution in [0.15, 0.2) is 66.7 Å². The fourth-order valence-corrected chi connectivity index (χ4v) is 3.63. The highest BCUT2D eigenvalue weighted by Crippen LogP contribution is 2.35. The predicted octanol–water partition coefficient (Wildman–Crippen LogP) is 3.98. The minimum absolute atomic E-state index is 0.357. The molecule has 9 heteroatoms. The van der Waals surface area contributed by atoms with E-state index in [0.29, 0.717) is 11.6 Å². The van der Waals surface area contributed by atoms with Crippen molar-refractivity contribution in [3.05, 3.63) is 94.5 Å². The average Bonchev–Trinajstić information content (AvgIpc) is 2.81. The summed E-state index contributed by atoms with van der Waals surface area (Å²) in [5.74, 6) is -4.58. The van der Waals surface area contributed by atoms with Crippen molar-refractivity contribution in [3.63, 3.8) is 0 Å². The number of aliphatic hydroxyl groups is 3. The Kier molecular flexibility index (Phi) is 7.76. The number of hydrogen-bond donors (Lipinski definition) is 5. The van der Waals surface area contributed by atoms with Crippen LogP contribution in [0.25, 0.3) is 23.3 Å². The number of carboxylic acids is 1. The first-order valence-electron chi connectivity index (χ1n) is 10.5. The smallest absolute Gasteiger partial charge is 0.416 e. The molecule has 0 aliphatic heterocycles. The molecule has 0 aromatic heterocycles. The summed E-state index contributed by atoms with van der Waals surface area (Å²) in [6.07, 6.45) is -2.02. The van der Waals surface area contributed by atoms with Crippen LogP contribution >= 0.6 is 0 Å². The van der Waals surface area contributed by atoms with E-state index in [-0.39, 0.29) is 5.56 Å². The number of benzene rings is 3. The van der Waals surface area contributed by atoms with Crippen molar-refractivity contribution >= 4 is 18.1 Å². The van der Waals surface area contributed by atoms with E-state index in [9.17, 15) is 28.2 Å². The molecule has 0 bridgehead atoms. The Labute approximate surface area is 199 Å². The molecule has 1 unspecified atom stereocenters. The summed E-state index contributed by atoms with van der Waals surface area (Å²) in [6, 6.07) is 15.6. The maximum atomic E-state index is 13.7. The van der Waals surface area contributed by atoms with Gasteiger partial charge in [-0.3, -0.25) is 4.79 Å². The van der Waals surface area contributed by atoms with Gasteiger partial charge >= 0.3 is 12.1 Å². The quantitative estimate of drug-likeness (QED) is 0.243. The lowest BCUT2D eigenvalue weighted by atomic mass is 9.95. The molecule has 0 amide bonds. The molecule has 0 radical (unpaired) electrons. The normalized spacial score (nSPS) is 13.2. The van der Waals surface area contributed by atoms with Gasteiger partial charge in [-0.15, -0.1) is 0 Å². The van der Waals surface area contributed by atoms with Gasteiger partial charge in [0.2, 0.25) is 0 Å². The van der Waals surface area contributed by atoms with E-state index in [1.807, 2.05) is 48.6 Å². The Hall–Kier alpha value is -3.50. The molecule has 3 rings (SSSR count). The number of hydrogen-bond acceptors (Lipinski definition) is 5. The Bertz CT molecular complexity index is 1220. The van der Waals surface area contributed by atoms with Crippen LogP contribution in [0.4, 0.5) is 13.2 Å². The maximum absolute atomic E-state index is 13.7. The molecular weight excluding hydrogens is 463 g/mol. The molecule has 0 saturated heterocycles. The van der Waals surface area contributed by atoms with Crippen molar-refractivity contribution < 1.29 is 38.4 Å². The number of alkyl halides is 3. The van der Waals surface area contributed by atoms with Crippen LogP contribution in [0.1, 0.15) is 27.8 Å². The van der Waals surface area contributed by atoms with Crippen LogP contribution in [0.2, 0.25) is 0 Å². The molecule has 0 fully saturated rings. The van der Waals surface area contributed by atoms with Crippen LogP contribution in [0.3, 0.4) is 0 Å². The van der Waals surface area contributed by atoms with Gasteiger partial charge in [-0.05, 0) is 46.9 Å². The van der Waals surface area contributed by atoms with Crippen LogP contribution in [-0.4, -0.2) is 39.0 Å². The molecule has 5 N–H and O–H groups in total. The number of carbonyl (C=O) groups is 1. The highest BCUT2D eigenvalue weighted by molar-refractivity contribution is 5.78. The van der Waals surface area contributed by atoms with Crippen molar-refractivity contribution in [2.45, 2.75) is 25.1 Å². The number of halogens is 3. The zero-order chi connectivity index (χ0) is 25.8. The Morgan fingerprint density at radius 1 is 0.971 bits per heavy atom. The zero-order valence-corrected chi connectivity index (χ0v) is 18.6. The van der Waals surface area contributed by atoms with Gasteiger partial charge in [0.25, 0.3) is 5.91 Å². The third-order valence-electron chi connectivity index (χ3n) is 5.52. The second-order valence-electron chi connectivity index (χ2n) is 7.91. The van der Waals surface area contributed by atoms with E-state index in [2.05, 4.69) is 0 Å². The van der Waals surface area contributed by atoms with Crippen molar-refractivity contribution in [2.24, 2.45) is 0 Å². The summed E-state index contributed by atoms with van der Waals surface area (Å²) >= 11 is 0. The van der Waals surface area contributed by atoms with Gasteiger partial charge < -0.3 is 20.4 Å². The van der Waals surface area contributed by atoms with Gasteiger partial charge in [0.15, 0.2) is 0 Å². The fraction of sp³-hybridized carbons (Fsp3) is 0.192. The van der Waals surface area contributed by atoms with Crippen LogP contribution < -0.4 is 5.32 Å². The summed E-state index contributed by atoms with van der Waals surface area (Å²) in [4.78, 5) is 11.1. The Morgan fingerprint density at radius 3 is 2.23 bits per heavy atom. The largest absolute Gasteiger partial charge is 0.480 e. The highest BCUT2D eigenvalue weighted by Gasteiger charge is 2.36. The van der Waals surface area contributed by atoms with Gasteiger partial charge in [-0.1, -0.05) is 66.7 Å². The molecule has 0 aliphatic rings. The first-order chi connectivity index (χ1) is 16.4. The SMILES string of the molecule is Cc1c(/C=C/c2cc(C(O)(O)NC(CO)C(=O)O)ccc2C(F)(F)F)cccc1-c1ccccc1. The standard InChI is InChI=1S/C26H24F3NO5/c1-16-17(8-5-9-21(16)18-6-3-2-4-7-18)10-11-19-14-20(12-13-22(19)25(27,28)29)26(34,35)30-23(15-31)24(32)33/h2-14,23,30-31,34-35H,15H2,1H3,(H,32,33)/b11-10+. The molecule has 6 nitrogen and oxygen atoms in total. The minimum Gasteiger partial charge on any atom is -0.480 e. The second kappa shape index (κ2) is 10.4. The first-order valence-corrected chi connectivity index (χ1v) is 10.5. The predicted molar refractivity (Wildman–Crippen MR) is 125 cm³/mol. The van der Waals surface area contributed by atoms with Crippen LogP contribution in [-0.2, 0) is 16.9 Å². The van der Waals surface area contributed by atoms with Crippen LogP contribution in [0.5, 0.6) is 0 Å². The number of nitrogens with one attached hydrogen (secondary N) is 1. The molecule has 0 aliphatic carbocycles. The van der Waals surface area contributed by atoms with E-state index in [1.165, 1.54) is 12.2 Å². The Morgan fingerprint density at radius 2 is 1.63 bits per heavy atom. The van der Waals surface area contributed by atoms with E-state index in [1.54, 1.807) is 12.1 Å². The molecular formula is C26H24F3NO5. The van der Waals surface area contributed by atoms with Crippen molar-refractivity contribution in [2.75, 3.05) is 6.61 Å². The molecule has 184 valence electrons. The third-order valence-corrected chi connectivity index (χ3v) is 5.52. The zero-order valence-electron chi connectivity index (χ0n) is 18.6. The number of aliphatic hydroxyl groups excluding tert-OH is 1. The monoisotopic (exact) mass is 487 g/mol. The molecule has 1 atom stereocenters. The lowest BCUT2D eigenvalue weighted by molar-refractivity contribution is -0.206. The molecule has 3 aromatic rings. The summed E-state index contributed by atoms with van der Waals surface area (Å²) < 4.78 is 41.0. The topological polar surface area (TPSA) is 110 Å². The summed E-state index contributed by atoms with van der Waals surface area (Å²) in [6.45, 7) is 0.878. The highest BCUT2D eigenvalue weighted by atomic mass is 19.4. The third kappa shape index (κ3) is 6.14. The molecule has 0 heterocycles. The van der Waals surface area contributed by atoms with Crippen molar-refractivity contribution in [1.82, 2.24) is 5.32 Å². The number of aliphatic carboxylic acids is 1. The van der Waals surface area contributed by atoms with Gasteiger partial charge in [0, 0.05) is 5.56 Å². The van der Waals surface area contributed by atoms with Gasteiger partial charge in [-0.2, -0.15) is 13.2 Å². The minimum atomic E-state index is -4.73. The summed E-state index contributed by atoms with van der Waals surface area (Å²) in [5, 5.41) is 40.7. The number of rotatable bonds is 8. The number of carboxylic acid groups (broad SMARTS) is 1. The fourth-order valence-electron chi connectivity index (χ4n) is 3.63. The summed E-state index contributed by atoms with van der Waals surface area (Å²) in [7, 11) is 0. The molecule has 35 heavy (non-hydrogen) atoms. The van der Waals surface area contributed by atoms with E-state index in [4.69, 9.17) is 10.2 Å². The second-order valence-corrected chi connectivity index (χ2v) is 7.91. The van der Waals surface area contributed by atoms with Gasteiger partial charge in [0.05, 0.1) is 12.2 Å². The van der Waals surface area contributed by atoms with Gasteiger partial charge in [-0.25, -0.2) is 5.32 Å². The molecule has 0 saturated carbocycles. The first kappa shape index (κ1) is 26.1. The van der Waals surface area contributed by atoms with E-state index >= 15 is 0 Å². The molecule has 0 spiro atoms. The van der Waals surface area contributed by atoms with Crippen molar-refractivity contribution in [3.8, 4) is 11.1 Å². The summed E-state index contributed by atoms with van der Waals surface area (Å²) in [5.41, 5.74) is 1.56. The van der Waals surface area contributed by atoms with E-state index < -0.39 is 41.8 Å². The lowest BCUT2D eigenvalue weighted by Crippen LogP contribution is -2.52. The van der Waals surface area contributed by atoms with E-state index in [0.717, 1.165) is 28.8 Å².